The van der Waals surface area contributed by atoms with Gasteiger partial charge in [0.25, 0.3) is 0 Å². The summed E-state index contributed by atoms with van der Waals surface area (Å²) in [6.45, 7) is 11.1. The molecular formula is C19H32IN5O. The van der Waals surface area contributed by atoms with Gasteiger partial charge >= 0.3 is 0 Å². The van der Waals surface area contributed by atoms with Crippen LogP contribution >= 0.6 is 24.0 Å². The molecule has 146 valence electrons. The molecule has 7 heteroatoms. The third-order valence-electron chi connectivity index (χ3n) is 4.69. The summed E-state index contributed by atoms with van der Waals surface area (Å²) < 4.78 is 0. The maximum absolute atomic E-state index is 11.8. The summed E-state index contributed by atoms with van der Waals surface area (Å²) in [5.41, 5.74) is 4.00. The number of nitrogens with zero attached hydrogens (tertiary/aromatic N) is 3. The zero-order valence-electron chi connectivity index (χ0n) is 16.3. The maximum atomic E-state index is 11.8. The van der Waals surface area contributed by atoms with Crippen LogP contribution in [0.5, 0.6) is 0 Å². The molecule has 1 aromatic carbocycles. The van der Waals surface area contributed by atoms with E-state index >= 15 is 0 Å². The zero-order valence-corrected chi connectivity index (χ0v) is 18.7. The van der Waals surface area contributed by atoms with E-state index in [1.807, 2.05) is 6.92 Å². The van der Waals surface area contributed by atoms with Crippen molar-refractivity contribution >= 4 is 41.5 Å². The molecule has 0 saturated carbocycles. The number of amides is 1. The number of benzene rings is 1. The number of aliphatic imine (C=N–C) groups is 1. The smallest absolute Gasteiger partial charge is 0.239 e. The van der Waals surface area contributed by atoms with Crippen LogP contribution in [0.15, 0.2) is 23.2 Å². The molecule has 1 saturated heterocycles. The molecule has 0 unspecified atom stereocenters. The fraction of sp³-hybridized carbons (Fsp3) is 0.579. The summed E-state index contributed by atoms with van der Waals surface area (Å²) in [6, 6.07) is 6.48. The fourth-order valence-corrected chi connectivity index (χ4v) is 3.06. The number of nitrogens with one attached hydrogen (secondary N) is 2. The first-order valence-corrected chi connectivity index (χ1v) is 9.10. The lowest BCUT2D eigenvalue weighted by atomic mass is 10.1. The Bertz CT molecular complexity index is 612. The molecule has 26 heavy (non-hydrogen) atoms. The number of hydrogen-bond donors (Lipinski definition) is 2. The second-order valence-electron chi connectivity index (χ2n) is 6.44. The molecule has 0 radical (unpaired) electrons. The van der Waals surface area contributed by atoms with Crippen molar-refractivity contribution in [3.05, 3.63) is 29.3 Å². The predicted octanol–water partition coefficient (Wildman–Crippen LogP) is 2.15. The molecule has 1 aliphatic heterocycles. The molecule has 0 bridgehead atoms. The summed E-state index contributed by atoms with van der Waals surface area (Å²) in [4.78, 5) is 20.7. The molecule has 1 amide bonds. The molecule has 0 aromatic heterocycles. The first-order valence-electron chi connectivity index (χ1n) is 9.10. The third kappa shape index (κ3) is 6.03. The summed E-state index contributed by atoms with van der Waals surface area (Å²) in [5.74, 6) is 0.810. The maximum Gasteiger partial charge on any atom is 0.239 e. The fourth-order valence-electron chi connectivity index (χ4n) is 3.06. The van der Waals surface area contributed by atoms with Crippen LogP contribution in [0.4, 0.5) is 5.69 Å². The Kier molecular flexibility index (Phi) is 9.75. The quantitative estimate of drug-likeness (QED) is 0.391. The van der Waals surface area contributed by atoms with Crippen molar-refractivity contribution in [3.8, 4) is 0 Å². The van der Waals surface area contributed by atoms with Crippen molar-refractivity contribution in [3.63, 3.8) is 0 Å². The third-order valence-corrected chi connectivity index (χ3v) is 4.69. The number of aryl methyl sites for hydroxylation is 1. The van der Waals surface area contributed by atoms with E-state index in [4.69, 9.17) is 0 Å². The first-order chi connectivity index (χ1) is 12.1. The van der Waals surface area contributed by atoms with Gasteiger partial charge in [-0.25, -0.2) is 0 Å². The van der Waals surface area contributed by atoms with Gasteiger partial charge in [0.1, 0.15) is 0 Å². The highest BCUT2D eigenvalue weighted by molar-refractivity contribution is 14.0. The number of carbonyl (C=O) groups is 1. The van der Waals surface area contributed by atoms with Crippen molar-refractivity contribution in [2.24, 2.45) is 4.99 Å². The second kappa shape index (κ2) is 11.3. The molecular weight excluding hydrogens is 441 g/mol. The van der Waals surface area contributed by atoms with E-state index in [-0.39, 0.29) is 36.4 Å². The number of halogens is 1. The van der Waals surface area contributed by atoms with Crippen LogP contribution in [0, 0.1) is 13.8 Å². The number of rotatable bonds is 5. The first kappa shape index (κ1) is 22.5. The van der Waals surface area contributed by atoms with Crippen LogP contribution in [-0.4, -0.2) is 63.1 Å². The SMILES string of the molecule is CCCNC(=O)CNC(=NC)N1CCN(c2cccc(C)c2C)CC1.I. The van der Waals surface area contributed by atoms with E-state index < -0.39 is 0 Å². The number of hydrogen-bond acceptors (Lipinski definition) is 3. The highest BCUT2D eigenvalue weighted by Crippen LogP contribution is 2.23. The van der Waals surface area contributed by atoms with E-state index in [2.05, 4.69) is 57.5 Å². The summed E-state index contributed by atoms with van der Waals surface area (Å²) in [7, 11) is 1.77. The Balaban J connectivity index is 0.00000338. The van der Waals surface area contributed by atoms with Crippen molar-refractivity contribution in [2.45, 2.75) is 27.2 Å². The van der Waals surface area contributed by atoms with Gasteiger partial charge in [0.05, 0.1) is 6.54 Å². The van der Waals surface area contributed by atoms with Crippen LogP contribution in [0.3, 0.4) is 0 Å². The Morgan fingerprint density at radius 3 is 2.46 bits per heavy atom. The standard InChI is InChI=1S/C19H31N5O.HI/c1-5-9-21-18(25)14-22-19(20-4)24-12-10-23(11-13-24)17-8-6-7-15(2)16(17)3;/h6-8H,5,9-14H2,1-4H3,(H,20,22)(H,21,25);1H. The lowest BCUT2D eigenvalue weighted by molar-refractivity contribution is -0.120. The highest BCUT2D eigenvalue weighted by atomic mass is 127. The van der Waals surface area contributed by atoms with Gasteiger partial charge in [-0.3, -0.25) is 9.79 Å². The molecule has 1 fully saturated rings. The lowest BCUT2D eigenvalue weighted by Crippen LogP contribution is -2.53. The normalized spacial score (nSPS) is 14.7. The topological polar surface area (TPSA) is 60.0 Å². The number of piperazine rings is 1. The minimum Gasteiger partial charge on any atom is -0.368 e. The minimum atomic E-state index is 0. The van der Waals surface area contributed by atoms with E-state index in [1.54, 1.807) is 7.05 Å². The Morgan fingerprint density at radius 2 is 1.85 bits per heavy atom. The van der Waals surface area contributed by atoms with Gasteiger partial charge in [-0.15, -0.1) is 24.0 Å². The molecule has 2 N–H and O–H groups in total. The van der Waals surface area contributed by atoms with Gasteiger partial charge in [0, 0.05) is 45.5 Å². The molecule has 0 atom stereocenters. The molecule has 1 aliphatic rings. The van der Waals surface area contributed by atoms with Crippen molar-refractivity contribution in [2.75, 3.05) is 51.2 Å². The number of carbonyl (C=O) groups excluding carboxylic acids is 1. The molecule has 6 nitrogen and oxygen atoms in total. The summed E-state index contributed by atoms with van der Waals surface area (Å²) in [5, 5.41) is 6.04. The van der Waals surface area contributed by atoms with Gasteiger partial charge in [-0.2, -0.15) is 0 Å². The Hall–Kier alpha value is -1.51. The summed E-state index contributed by atoms with van der Waals surface area (Å²) in [6.07, 6.45) is 0.945. The monoisotopic (exact) mass is 473 g/mol. The second-order valence-corrected chi connectivity index (χ2v) is 6.44. The van der Waals surface area contributed by atoms with E-state index in [0.717, 1.165) is 38.6 Å². The van der Waals surface area contributed by atoms with Crippen LogP contribution in [0.25, 0.3) is 0 Å². The average molecular weight is 473 g/mol. The van der Waals surface area contributed by atoms with Gasteiger partial charge in [0.15, 0.2) is 5.96 Å². The van der Waals surface area contributed by atoms with E-state index in [1.165, 1.54) is 16.8 Å². The molecule has 0 aliphatic carbocycles. The minimum absolute atomic E-state index is 0. The van der Waals surface area contributed by atoms with Gasteiger partial charge in [0.2, 0.25) is 5.91 Å². The Morgan fingerprint density at radius 1 is 1.15 bits per heavy atom. The molecule has 1 heterocycles. The van der Waals surface area contributed by atoms with Crippen LogP contribution in [-0.2, 0) is 4.79 Å². The van der Waals surface area contributed by atoms with Crippen molar-refractivity contribution in [1.29, 1.82) is 0 Å². The van der Waals surface area contributed by atoms with Crippen molar-refractivity contribution < 1.29 is 4.79 Å². The van der Waals surface area contributed by atoms with Gasteiger partial charge in [-0.05, 0) is 37.5 Å². The Labute approximate surface area is 174 Å². The predicted molar refractivity (Wildman–Crippen MR) is 120 cm³/mol. The largest absolute Gasteiger partial charge is 0.368 e. The number of anilines is 1. The van der Waals surface area contributed by atoms with Crippen LogP contribution in [0.2, 0.25) is 0 Å². The van der Waals surface area contributed by atoms with Crippen molar-refractivity contribution in [1.82, 2.24) is 15.5 Å². The van der Waals surface area contributed by atoms with Gasteiger partial charge in [-0.1, -0.05) is 19.1 Å². The molecule has 0 spiro atoms. The lowest BCUT2D eigenvalue weighted by Gasteiger charge is -2.38. The highest BCUT2D eigenvalue weighted by Gasteiger charge is 2.21. The average Bonchev–Trinajstić information content (AvgIpc) is 2.63. The molecule has 1 aromatic rings. The van der Waals surface area contributed by atoms with E-state index in [9.17, 15) is 4.79 Å². The molecule has 2 rings (SSSR count). The number of guanidine groups is 1. The van der Waals surface area contributed by atoms with Crippen LogP contribution < -0.4 is 15.5 Å². The van der Waals surface area contributed by atoms with E-state index in [0.29, 0.717) is 6.54 Å². The zero-order chi connectivity index (χ0) is 18.2. The van der Waals surface area contributed by atoms with Crippen LogP contribution in [0.1, 0.15) is 24.5 Å². The van der Waals surface area contributed by atoms with Gasteiger partial charge < -0.3 is 20.4 Å². The summed E-state index contributed by atoms with van der Waals surface area (Å²) >= 11 is 0.